The molecule has 17 heteroatoms. The number of benzene rings is 2. The molecule has 1 saturated carbocycles. The summed E-state index contributed by atoms with van der Waals surface area (Å²) in [6.07, 6.45) is 6.96. The van der Waals surface area contributed by atoms with Crippen LogP contribution in [0.25, 0.3) is 0 Å². The van der Waals surface area contributed by atoms with E-state index in [9.17, 15) is 44.8 Å². The van der Waals surface area contributed by atoms with Crippen molar-refractivity contribution >= 4 is 41.5 Å². The Kier molecular flexibility index (Phi) is 10.9. The lowest BCUT2D eigenvalue weighted by atomic mass is 9.85. The Bertz CT molecular complexity index is 2030. The number of hydrogen-bond donors (Lipinski definition) is 0. The fourth-order valence-electron chi connectivity index (χ4n) is 6.77. The largest absolute Gasteiger partial charge is 0.361 e. The third kappa shape index (κ3) is 7.53. The number of rotatable bonds is 12. The molecule has 3 aliphatic rings. The van der Waals surface area contributed by atoms with E-state index in [1.165, 1.54) is 18.2 Å². The Balaban J connectivity index is 1.31. The highest BCUT2D eigenvalue weighted by molar-refractivity contribution is 7.89. The molecule has 284 valence electrons. The van der Waals surface area contributed by atoms with E-state index in [2.05, 4.69) is 24.6 Å². The molecule has 1 saturated heterocycles. The van der Waals surface area contributed by atoms with Crippen LogP contribution in [0, 0.1) is 29.1 Å². The molecule has 1 aliphatic carbocycles. The first-order chi connectivity index (χ1) is 25.0. The SMILES string of the molecule is C[Si](C)(C)CCOCN1C(=O)c2ccc(N(Cc3ccc(C4CCCCC4)cn3)C(=O)[C@H]3CCN3S(=O)(=O)c3c(F)c(F)c(F)c(F)c3F)cc2C1=O. The van der Waals surface area contributed by atoms with Crippen molar-refractivity contribution in [1.29, 1.82) is 0 Å². The molecule has 3 heterocycles. The summed E-state index contributed by atoms with van der Waals surface area (Å²) in [5.74, 6) is -14.3. The van der Waals surface area contributed by atoms with Gasteiger partial charge in [-0.05, 0) is 61.1 Å². The second-order valence-corrected chi connectivity index (χ2v) is 22.2. The van der Waals surface area contributed by atoms with Crippen molar-refractivity contribution in [3.63, 3.8) is 0 Å². The summed E-state index contributed by atoms with van der Waals surface area (Å²) in [7, 11) is -6.87. The van der Waals surface area contributed by atoms with Gasteiger partial charge in [0.25, 0.3) is 11.8 Å². The van der Waals surface area contributed by atoms with Gasteiger partial charge in [-0.15, -0.1) is 0 Å². The van der Waals surface area contributed by atoms with Crippen LogP contribution in [0.2, 0.25) is 25.7 Å². The van der Waals surface area contributed by atoms with Crippen LogP contribution in [0.15, 0.2) is 41.4 Å². The highest BCUT2D eigenvalue weighted by Crippen LogP contribution is 2.37. The maximum atomic E-state index is 14.7. The van der Waals surface area contributed by atoms with Gasteiger partial charge in [-0.2, -0.15) is 4.31 Å². The molecule has 0 bridgehead atoms. The molecule has 1 atom stereocenters. The second-order valence-electron chi connectivity index (χ2n) is 14.8. The molecule has 53 heavy (non-hydrogen) atoms. The standard InChI is InChI=1S/C36H39F5N4O6SSi/c1-53(2,3)16-15-51-20-44-34(46)25-12-11-24(17-26(25)35(44)47)43(19-23-10-9-22(18-42-23)21-7-5-4-6-8-21)36(48)27-13-14-45(27)52(49,50)33-31(40)29(38)28(37)30(39)32(33)41/h9-12,17-18,21,27H,4-8,13-16,19-20H2,1-3H3/t27-/m1/s1. The first kappa shape index (κ1) is 38.7. The fourth-order valence-corrected chi connectivity index (χ4v) is 9.27. The summed E-state index contributed by atoms with van der Waals surface area (Å²) in [6, 6.07) is 6.88. The lowest BCUT2D eigenvalue weighted by molar-refractivity contribution is -0.125. The predicted molar refractivity (Wildman–Crippen MR) is 186 cm³/mol. The summed E-state index contributed by atoms with van der Waals surface area (Å²) in [5.41, 5.74) is 1.52. The zero-order valence-corrected chi connectivity index (χ0v) is 31.2. The quantitative estimate of drug-likeness (QED) is 0.0500. The maximum absolute atomic E-state index is 14.7. The van der Waals surface area contributed by atoms with Crippen molar-refractivity contribution < 1.29 is 49.5 Å². The molecule has 6 rings (SSSR count). The van der Waals surface area contributed by atoms with Gasteiger partial charge in [0.15, 0.2) is 28.2 Å². The van der Waals surface area contributed by atoms with E-state index >= 15 is 0 Å². The number of sulfonamides is 1. The number of anilines is 1. The van der Waals surface area contributed by atoms with Crippen molar-refractivity contribution in [3.05, 3.63) is 88.0 Å². The number of amides is 3. The molecule has 3 amide bonds. The molecular weight excluding hydrogens is 740 g/mol. The van der Waals surface area contributed by atoms with E-state index in [1.807, 2.05) is 6.07 Å². The highest BCUT2D eigenvalue weighted by Gasteiger charge is 2.48. The van der Waals surface area contributed by atoms with Crippen molar-refractivity contribution in [2.75, 3.05) is 24.8 Å². The Labute approximate surface area is 305 Å². The van der Waals surface area contributed by atoms with E-state index < -0.39 is 82.4 Å². The Morgan fingerprint density at radius 2 is 1.53 bits per heavy atom. The fraction of sp³-hybridized carbons (Fsp3) is 0.444. The number of pyridine rings is 1. The van der Waals surface area contributed by atoms with E-state index in [1.54, 1.807) is 12.3 Å². The van der Waals surface area contributed by atoms with Gasteiger partial charge in [-0.25, -0.2) is 35.3 Å². The number of imide groups is 1. The van der Waals surface area contributed by atoms with Crippen LogP contribution in [0.4, 0.5) is 27.6 Å². The summed E-state index contributed by atoms with van der Waals surface area (Å²) in [6.45, 7) is 5.85. The zero-order chi connectivity index (χ0) is 38.4. The summed E-state index contributed by atoms with van der Waals surface area (Å²) < 4.78 is 104. The predicted octanol–water partition coefficient (Wildman–Crippen LogP) is 6.73. The summed E-state index contributed by atoms with van der Waals surface area (Å²) in [5, 5.41) is 0. The minimum Gasteiger partial charge on any atom is -0.361 e. The zero-order valence-electron chi connectivity index (χ0n) is 29.4. The molecular formula is C36H39F5N4O6SSi. The number of carbonyl (C=O) groups excluding carboxylic acids is 3. The van der Waals surface area contributed by atoms with Crippen molar-refractivity contribution in [3.8, 4) is 0 Å². The van der Waals surface area contributed by atoms with Crippen LogP contribution in [0.5, 0.6) is 0 Å². The number of fused-ring (bicyclic) bond motifs is 1. The molecule has 1 aromatic heterocycles. The van der Waals surface area contributed by atoms with Gasteiger partial charge in [-0.3, -0.25) is 19.4 Å². The molecule has 3 aromatic rings. The van der Waals surface area contributed by atoms with Crippen LogP contribution in [-0.4, -0.2) is 74.3 Å². The first-order valence-electron chi connectivity index (χ1n) is 17.4. The van der Waals surface area contributed by atoms with Crippen molar-refractivity contribution in [2.24, 2.45) is 0 Å². The van der Waals surface area contributed by atoms with Gasteiger partial charge in [-0.1, -0.05) is 45.0 Å². The molecule has 0 spiro atoms. The average Bonchev–Trinajstić information content (AvgIpc) is 3.34. The Morgan fingerprint density at radius 3 is 2.11 bits per heavy atom. The minimum atomic E-state index is -5.42. The smallest absolute Gasteiger partial charge is 0.263 e. The summed E-state index contributed by atoms with van der Waals surface area (Å²) >= 11 is 0. The topological polar surface area (TPSA) is 117 Å². The van der Waals surface area contributed by atoms with Crippen LogP contribution in [-0.2, 0) is 26.1 Å². The van der Waals surface area contributed by atoms with Gasteiger partial charge in [0.1, 0.15) is 12.8 Å². The molecule has 2 aromatic carbocycles. The van der Waals surface area contributed by atoms with Gasteiger partial charge in [0.2, 0.25) is 21.7 Å². The number of aromatic nitrogens is 1. The molecule has 0 radical (unpaired) electrons. The lowest BCUT2D eigenvalue weighted by Gasteiger charge is -2.41. The molecule has 0 N–H and O–H groups in total. The van der Waals surface area contributed by atoms with Crippen molar-refractivity contribution in [1.82, 2.24) is 14.2 Å². The third-order valence-corrected chi connectivity index (χ3v) is 13.6. The van der Waals surface area contributed by atoms with E-state index in [0.717, 1.165) is 53.5 Å². The summed E-state index contributed by atoms with van der Waals surface area (Å²) in [4.78, 5) is 45.5. The number of carbonyl (C=O) groups is 3. The Hall–Kier alpha value is -4.06. The molecule has 2 aliphatic heterocycles. The van der Waals surface area contributed by atoms with Gasteiger partial charge in [0.05, 0.1) is 23.4 Å². The van der Waals surface area contributed by atoms with Crippen LogP contribution in [0.1, 0.15) is 76.4 Å². The van der Waals surface area contributed by atoms with E-state index in [-0.39, 0.29) is 36.5 Å². The molecule has 10 nitrogen and oxygen atoms in total. The van der Waals surface area contributed by atoms with E-state index in [0.29, 0.717) is 22.5 Å². The first-order valence-corrected chi connectivity index (χ1v) is 22.5. The Morgan fingerprint density at radius 1 is 0.887 bits per heavy atom. The number of hydrogen-bond acceptors (Lipinski definition) is 7. The van der Waals surface area contributed by atoms with E-state index in [4.69, 9.17) is 4.74 Å². The number of ether oxygens (including phenoxy) is 1. The van der Waals surface area contributed by atoms with Gasteiger partial charge in [0, 0.05) is 33.1 Å². The third-order valence-electron chi connectivity index (χ3n) is 9.98. The minimum absolute atomic E-state index is 0.0285. The van der Waals surface area contributed by atoms with Crippen LogP contribution >= 0.6 is 0 Å². The lowest BCUT2D eigenvalue weighted by Crippen LogP contribution is -2.59. The average molecular weight is 779 g/mol. The normalized spacial score (nSPS) is 18.3. The van der Waals surface area contributed by atoms with Gasteiger partial charge < -0.3 is 9.64 Å². The maximum Gasteiger partial charge on any atom is 0.263 e. The van der Waals surface area contributed by atoms with Gasteiger partial charge >= 0.3 is 0 Å². The molecule has 0 unspecified atom stereocenters. The van der Waals surface area contributed by atoms with Crippen LogP contribution in [0.3, 0.4) is 0 Å². The van der Waals surface area contributed by atoms with Crippen molar-refractivity contribution in [2.45, 2.75) is 87.6 Å². The second kappa shape index (κ2) is 15.0. The van der Waals surface area contributed by atoms with Crippen LogP contribution < -0.4 is 4.90 Å². The highest BCUT2D eigenvalue weighted by atomic mass is 32.2. The monoisotopic (exact) mass is 778 g/mol. The number of nitrogens with zero attached hydrogens (tertiary/aromatic N) is 4. The molecule has 2 fully saturated rings. The number of halogens is 5.